The second-order valence-corrected chi connectivity index (χ2v) is 6.24. The molecule has 0 unspecified atom stereocenters. The molecular weight excluding hydrogens is 282 g/mol. The average molecular weight is 307 g/mol. The monoisotopic (exact) mass is 307 g/mol. The van der Waals surface area contributed by atoms with Crippen molar-refractivity contribution in [1.29, 1.82) is 0 Å². The van der Waals surface area contributed by atoms with Gasteiger partial charge in [-0.1, -0.05) is 0 Å². The van der Waals surface area contributed by atoms with Crippen LogP contribution in [0.4, 0.5) is 0 Å². The summed E-state index contributed by atoms with van der Waals surface area (Å²) in [6.07, 6.45) is 7.50. The molecule has 1 aliphatic heterocycles. The van der Waals surface area contributed by atoms with Crippen LogP contribution in [0.1, 0.15) is 32.1 Å². The number of carbonyl (C=O) groups excluding carboxylic acids is 1. The van der Waals surface area contributed by atoms with E-state index < -0.39 is 0 Å². The molecule has 122 valence electrons. The Balaban J connectivity index is 1.38. The molecule has 2 fully saturated rings. The van der Waals surface area contributed by atoms with Gasteiger partial charge in [-0.2, -0.15) is 5.10 Å². The van der Waals surface area contributed by atoms with Crippen molar-refractivity contribution in [2.45, 2.75) is 50.8 Å². The maximum atomic E-state index is 12.2. The van der Waals surface area contributed by atoms with Crippen LogP contribution < -0.4 is 0 Å². The van der Waals surface area contributed by atoms with Crippen LogP contribution >= 0.6 is 0 Å². The zero-order valence-electron chi connectivity index (χ0n) is 13.0. The van der Waals surface area contributed by atoms with Crippen molar-refractivity contribution in [2.75, 3.05) is 26.2 Å². The molecule has 7 heteroatoms. The van der Waals surface area contributed by atoms with E-state index in [-0.39, 0.29) is 12.0 Å². The van der Waals surface area contributed by atoms with Gasteiger partial charge in [0, 0.05) is 45.2 Å². The van der Waals surface area contributed by atoms with Crippen LogP contribution in [0, 0.1) is 0 Å². The Bertz CT molecular complexity index is 470. The van der Waals surface area contributed by atoms with Gasteiger partial charge in [0.2, 0.25) is 5.91 Å². The number of piperazine rings is 1. The van der Waals surface area contributed by atoms with Gasteiger partial charge in [-0.05, 0) is 25.7 Å². The van der Waals surface area contributed by atoms with Crippen LogP contribution in [0.3, 0.4) is 0 Å². The van der Waals surface area contributed by atoms with E-state index in [4.69, 9.17) is 0 Å². The van der Waals surface area contributed by atoms with Crippen molar-refractivity contribution >= 4 is 5.91 Å². The predicted octanol–water partition coefficient (Wildman–Crippen LogP) is 0.116. The molecule has 1 aliphatic carbocycles. The number of carbonyl (C=O) groups is 1. The zero-order valence-corrected chi connectivity index (χ0v) is 13.0. The van der Waals surface area contributed by atoms with E-state index in [1.165, 1.54) is 6.33 Å². The van der Waals surface area contributed by atoms with Gasteiger partial charge in [0.1, 0.15) is 12.7 Å². The van der Waals surface area contributed by atoms with Crippen molar-refractivity contribution in [3.8, 4) is 0 Å². The molecule has 1 saturated heterocycles. The lowest BCUT2D eigenvalue weighted by Crippen LogP contribution is -2.53. The lowest BCUT2D eigenvalue weighted by atomic mass is 10.1. The van der Waals surface area contributed by atoms with Crippen molar-refractivity contribution < 1.29 is 9.90 Å². The number of rotatable bonds is 5. The average Bonchev–Trinajstić information content (AvgIpc) is 3.19. The number of nitrogens with zero attached hydrogens (tertiary/aromatic N) is 5. The Morgan fingerprint density at radius 1 is 1.23 bits per heavy atom. The minimum atomic E-state index is -0.176. The third kappa shape index (κ3) is 3.64. The van der Waals surface area contributed by atoms with Gasteiger partial charge in [0.25, 0.3) is 0 Å². The third-order valence-corrected chi connectivity index (χ3v) is 4.82. The summed E-state index contributed by atoms with van der Waals surface area (Å²) in [5.74, 6) is 0.228. The number of aliphatic hydroxyl groups is 1. The van der Waals surface area contributed by atoms with Crippen LogP contribution in [-0.4, -0.2) is 73.9 Å². The summed E-state index contributed by atoms with van der Waals surface area (Å²) in [7, 11) is 0. The zero-order chi connectivity index (χ0) is 15.4. The van der Waals surface area contributed by atoms with Gasteiger partial charge in [-0.25, -0.2) is 4.98 Å². The van der Waals surface area contributed by atoms with Gasteiger partial charge in [0.05, 0.1) is 6.10 Å². The predicted molar refractivity (Wildman–Crippen MR) is 81.1 cm³/mol. The Kier molecular flexibility index (Phi) is 5.04. The normalized spacial score (nSPS) is 26.5. The third-order valence-electron chi connectivity index (χ3n) is 4.82. The number of aliphatic hydroxyl groups excluding tert-OH is 1. The molecule has 1 aromatic heterocycles. The number of hydrogen-bond donors (Lipinski definition) is 1. The van der Waals surface area contributed by atoms with Crippen molar-refractivity contribution in [3.63, 3.8) is 0 Å². The molecule has 1 aromatic rings. The van der Waals surface area contributed by atoms with Gasteiger partial charge in [0.15, 0.2) is 0 Å². The first kappa shape index (κ1) is 15.4. The number of aryl methyl sites for hydroxylation is 1. The maximum Gasteiger partial charge on any atom is 0.222 e. The molecule has 2 aliphatic rings. The molecule has 0 spiro atoms. The Morgan fingerprint density at radius 3 is 2.68 bits per heavy atom. The highest BCUT2D eigenvalue weighted by Gasteiger charge is 2.33. The van der Waals surface area contributed by atoms with Crippen LogP contribution in [0.2, 0.25) is 0 Å². The Morgan fingerprint density at radius 2 is 2.05 bits per heavy atom. The van der Waals surface area contributed by atoms with Crippen LogP contribution in [0.5, 0.6) is 0 Å². The summed E-state index contributed by atoms with van der Waals surface area (Å²) in [5, 5.41) is 14.0. The summed E-state index contributed by atoms with van der Waals surface area (Å²) >= 11 is 0. The molecule has 0 aromatic carbocycles. The number of aromatic nitrogens is 3. The molecule has 1 amide bonds. The van der Waals surface area contributed by atoms with E-state index in [1.54, 1.807) is 11.0 Å². The molecule has 0 radical (unpaired) electrons. The summed E-state index contributed by atoms with van der Waals surface area (Å²) < 4.78 is 1.76. The van der Waals surface area contributed by atoms with E-state index in [2.05, 4.69) is 15.0 Å². The van der Waals surface area contributed by atoms with Gasteiger partial charge in [-0.3, -0.25) is 14.4 Å². The standard InChI is InChI=1S/C15H25N5O2/c21-14-4-1-3-13(14)18-7-9-19(10-8-18)15(22)5-2-6-20-12-16-11-17-20/h11-14,21H,1-10H2/t13-,14+/m0/s1. The molecule has 1 N–H and O–H groups in total. The van der Waals surface area contributed by atoms with Crippen LogP contribution in [0.15, 0.2) is 12.7 Å². The lowest BCUT2D eigenvalue weighted by molar-refractivity contribution is -0.133. The minimum Gasteiger partial charge on any atom is -0.391 e. The minimum absolute atomic E-state index is 0.176. The highest BCUT2D eigenvalue weighted by Crippen LogP contribution is 2.25. The quantitative estimate of drug-likeness (QED) is 0.836. The molecule has 2 heterocycles. The van der Waals surface area contributed by atoms with Crippen molar-refractivity contribution in [2.24, 2.45) is 0 Å². The summed E-state index contributed by atoms with van der Waals surface area (Å²) in [6.45, 7) is 4.07. The topological polar surface area (TPSA) is 74.5 Å². The molecule has 3 rings (SSSR count). The van der Waals surface area contributed by atoms with Crippen LogP contribution in [0.25, 0.3) is 0 Å². The fourth-order valence-electron chi connectivity index (χ4n) is 3.55. The highest BCUT2D eigenvalue weighted by atomic mass is 16.3. The van der Waals surface area contributed by atoms with E-state index >= 15 is 0 Å². The van der Waals surface area contributed by atoms with Gasteiger partial charge < -0.3 is 10.0 Å². The number of hydrogen-bond acceptors (Lipinski definition) is 5. The summed E-state index contributed by atoms with van der Waals surface area (Å²) in [5.41, 5.74) is 0. The molecule has 22 heavy (non-hydrogen) atoms. The van der Waals surface area contributed by atoms with E-state index in [9.17, 15) is 9.90 Å². The number of amides is 1. The van der Waals surface area contributed by atoms with E-state index in [0.717, 1.165) is 58.4 Å². The van der Waals surface area contributed by atoms with Crippen molar-refractivity contribution in [1.82, 2.24) is 24.6 Å². The first-order valence-electron chi connectivity index (χ1n) is 8.26. The Labute approximate surface area is 130 Å². The Hall–Kier alpha value is -1.47. The molecular formula is C15H25N5O2. The molecule has 0 bridgehead atoms. The maximum absolute atomic E-state index is 12.2. The molecule has 2 atom stereocenters. The highest BCUT2D eigenvalue weighted by molar-refractivity contribution is 5.76. The van der Waals surface area contributed by atoms with E-state index in [0.29, 0.717) is 12.5 Å². The van der Waals surface area contributed by atoms with Gasteiger partial charge in [-0.15, -0.1) is 0 Å². The molecule has 1 saturated carbocycles. The summed E-state index contributed by atoms with van der Waals surface area (Å²) in [4.78, 5) is 20.4. The SMILES string of the molecule is O=C(CCCn1cncn1)N1CCN([C@H]2CCC[C@H]2O)CC1. The van der Waals surface area contributed by atoms with Crippen LogP contribution in [-0.2, 0) is 11.3 Å². The second kappa shape index (κ2) is 7.19. The van der Waals surface area contributed by atoms with E-state index in [1.807, 2.05) is 4.90 Å². The largest absolute Gasteiger partial charge is 0.391 e. The fourth-order valence-corrected chi connectivity index (χ4v) is 3.55. The smallest absolute Gasteiger partial charge is 0.222 e. The lowest BCUT2D eigenvalue weighted by Gasteiger charge is -2.39. The first-order chi connectivity index (χ1) is 10.7. The summed E-state index contributed by atoms with van der Waals surface area (Å²) in [6, 6.07) is 0.310. The second-order valence-electron chi connectivity index (χ2n) is 6.24. The molecule has 7 nitrogen and oxygen atoms in total. The fraction of sp³-hybridized carbons (Fsp3) is 0.800. The first-order valence-corrected chi connectivity index (χ1v) is 8.26. The van der Waals surface area contributed by atoms with Gasteiger partial charge >= 0.3 is 0 Å². The van der Waals surface area contributed by atoms with Crippen molar-refractivity contribution in [3.05, 3.63) is 12.7 Å².